The summed E-state index contributed by atoms with van der Waals surface area (Å²) in [6.45, 7) is 2.93. The first-order chi connectivity index (χ1) is 16.2. The van der Waals surface area contributed by atoms with Crippen molar-refractivity contribution < 1.29 is 4.79 Å². The van der Waals surface area contributed by atoms with Gasteiger partial charge < -0.3 is 0 Å². The van der Waals surface area contributed by atoms with Gasteiger partial charge in [-0.1, -0.05) is 61.9 Å². The SMILES string of the molecule is C[C@@H]1CCCC[C@H]1n1c(SCC(=O)N2CCC(c3ccccc3)=N2)nnc1-c1cccnc1. The van der Waals surface area contributed by atoms with E-state index in [0.29, 0.717) is 18.5 Å². The molecular formula is C25H28N6OS. The number of aromatic nitrogens is 4. The molecule has 1 aromatic carbocycles. The van der Waals surface area contributed by atoms with Crippen LogP contribution in [0.4, 0.5) is 0 Å². The molecule has 0 N–H and O–H groups in total. The van der Waals surface area contributed by atoms with Crippen molar-refractivity contribution in [2.75, 3.05) is 12.3 Å². The van der Waals surface area contributed by atoms with Crippen molar-refractivity contribution in [3.05, 3.63) is 60.4 Å². The zero-order valence-corrected chi connectivity index (χ0v) is 19.6. The number of hydrazone groups is 1. The third-order valence-corrected chi connectivity index (χ3v) is 7.43. The summed E-state index contributed by atoms with van der Waals surface area (Å²) >= 11 is 1.46. The van der Waals surface area contributed by atoms with E-state index < -0.39 is 0 Å². The summed E-state index contributed by atoms with van der Waals surface area (Å²) in [4.78, 5) is 17.2. The summed E-state index contributed by atoms with van der Waals surface area (Å²) in [6.07, 6.45) is 9.14. The molecular weight excluding hydrogens is 432 g/mol. The van der Waals surface area contributed by atoms with Crippen LogP contribution in [0.25, 0.3) is 11.4 Å². The highest BCUT2D eigenvalue weighted by Gasteiger charge is 2.29. The summed E-state index contributed by atoms with van der Waals surface area (Å²) in [5.74, 6) is 1.66. The Bertz CT molecular complexity index is 1130. The van der Waals surface area contributed by atoms with E-state index in [4.69, 9.17) is 0 Å². The quantitative estimate of drug-likeness (QED) is 0.493. The van der Waals surface area contributed by atoms with Gasteiger partial charge in [0.1, 0.15) is 0 Å². The van der Waals surface area contributed by atoms with Crippen molar-refractivity contribution in [1.29, 1.82) is 0 Å². The third-order valence-electron chi connectivity index (χ3n) is 6.50. The van der Waals surface area contributed by atoms with Crippen molar-refractivity contribution in [3.63, 3.8) is 0 Å². The Kier molecular flexibility index (Phi) is 6.53. The van der Waals surface area contributed by atoms with Crippen molar-refractivity contribution >= 4 is 23.4 Å². The van der Waals surface area contributed by atoms with Crippen LogP contribution in [-0.2, 0) is 4.79 Å². The summed E-state index contributed by atoms with van der Waals surface area (Å²) in [6, 6.07) is 14.3. The van der Waals surface area contributed by atoms with Crippen LogP contribution in [0.1, 0.15) is 50.6 Å². The van der Waals surface area contributed by atoms with Crippen LogP contribution >= 0.6 is 11.8 Å². The lowest BCUT2D eigenvalue weighted by molar-refractivity contribution is -0.127. The van der Waals surface area contributed by atoms with Crippen molar-refractivity contribution in [2.45, 2.75) is 50.2 Å². The van der Waals surface area contributed by atoms with Gasteiger partial charge >= 0.3 is 0 Å². The van der Waals surface area contributed by atoms with Crippen LogP contribution in [0.15, 0.2) is 65.1 Å². The molecule has 3 heterocycles. The first-order valence-corrected chi connectivity index (χ1v) is 12.6. The maximum atomic E-state index is 13.0. The second-order valence-corrected chi connectivity index (χ2v) is 9.66. The normalized spacial score (nSPS) is 20.6. The molecule has 5 rings (SSSR count). The van der Waals surface area contributed by atoms with E-state index in [0.717, 1.165) is 40.7 Å². The number of hydrogen-bond acceptors (Lipinski definition) is 6. The monoisotopic (exact) mass is 460 g/mol. The maximum absolute atomic E-state index is 13.0. The van der Waals surface area contributed by atoms with Crippen LogP contribution in [-0.4, -0.2) is 48.7 Å². The Morgan fingerprint density at radius 3 is 2.67 bits per heavy atom. The van der Waals surface area contributed by atoms with Gasteiger partial charge in [0.05, 0.1) is 18.0 Å². The van der Waals surface area contributed by atoms with Gasteiger partial charge in [-0.15, -0.1) is 10.2 Å². The van der Waals surface area contributed by atoms with Crippen LogP contribution in [0.3, 0.4) is 0 Å². The van der Waals surface area contributed by atoms with Gasteiger partial charge in [-0.3, -0.25) is 14.3 Å². The van der Waals surface area contributed by atoms with E-state index in [1.54, 1.807) is 11.2 Å². The summed E-state index contributed by atoms with van der Waals surface area (Å²) in [5.41, 5.74) is 3.00. The summed E-state index contributed by atoms with van der Waals surface area (Å²) in [5, 5.41) is 16.0. The highest BCUT2D eigenvalue weighted by molar-refractivity contribution is 7.99. The van der Waals surface area contributed by atoms with Gasteiger partial charge in [0.15, 0.2) is 11.0 Å². The van der Waals surface area contributed by atoms with E-state index in [9.17, 15) is 4.79 Å². The molecule has 0 saturated heterocycles. The van der Waals surface area contributed by atoms with E-state index in [2.05, 4.69) is 31.8 Å². The number of hydrogen-bond donors (Lipinski definition) is 0. The predicted octanol–water partition coefficient (Wildman–Crippen LogP) is 4.82. The molecule has 0 unspecified atom stereocenters. The fourth-order valence-corrected chi connectivity index (χ4v) is 5.58. The third kappa shape index (κ3) is 4.71. The smallest absolute Gasteiger partial charge is 0.253 e. The summed E-state index contributed by atoms with van der Waals surface area (Å²) in [7, 11) is 0. The molecule has 3 aromatic rings. The zero-order chi connectivity index (χ0) is 22.6. The highest BCUT2D eigenvalue weighted by Crippen LogP contribution is 2.39. The first kappa shape index (κ1) is 21.8. The first-order valence-electron chi connectivity index (χ1n) is 11.6. The standard InChI is InChI=1S/C25H28N6OS/c1-18-8-5-6-12-22(18)31-24(20-11-7-14-26-16-20)27-28-25(31)33-17-23(32)30-15-13-21(29-30)19-9-3-2-4-10-19/h2-4,7,9-11,14,16,18,22H,5-6,8,12-13,15,17H2,1H3/t18-,22-/m1/s1. The number of benzene rings is 1. The molecule has 2 aliphatic rings. The van der Waals surface area contributed by atoms with Gasteiger partial charge in [0.25, 0.3) is 5.91 Å². The highest BCUT2D eigenvalue weighted by atomic mass is 32.2. The molecule has 0 radical (unpaired) electrons. The Morgan fingerprint density at radius 2 is 1.88 bits per heavy atom. The van der Waals surface area contributed by atoms with Crippen molar-refractivity contribution in [2.24, 2.45) is 11.0 Å². The van der Waals surface area contributed by atoms with E-state index in [1.807, 2.05) is 48.7 Å². The minimum Gasteiger partial charge on any atom is -0.299 e. The molecule has 1 amide bonds. The minimum atomic E-state index is 0.0000940. The van der Waals surface area contributed by atoms with Gasteiger partial charge in [-0.2, -0.15) is 5.10 Å². The lowest BCUT2D eigenvalue weighted by atomic mass is 9.85. The molecule has 8 heteroatoms. The number of carbonyl (C=O) groups excluding carboxylic acids is 1. The number of amides is 1. The molecule has 1 aliphatic heterocycles. The topological polar surface area (TPSA) is 76.3 Å². The Morgan fingerprint density at radius 1 is 1.06 bits per heavy atom. The molecule has 1 saturated carbocycles. The number of nitrogens with zero attached hydrogens (tertiary/aromatic N) is 6. The Balaban J connectivity index is 1.35. The van der Waals surface area contributed by atoms with Gasteiger partial charge in [-0.25, -0.2) is 5.01 Å². The number of rotatable bonds is 6. The minimum absolute atomic E-state index is 0.0000940. The van der Waals surface area contributed by atoms with Crippen LogP contribution in [0.5, 0.6) is 0 Å². The Labute approximate surface area is 198 Å². The van der Waals surface area contributed by atoms with Gasteiger partial charge in [-0.05, 0) is 36.5 Å². The van der Waals surface area contributed by atoms with Crippen LogP contribution in [0, 0.1) is 5.92 Å². The van der Waals surface area contributed by atoms with E-state index >= 15 is 0 Å². The largest absolute Gasteiger partial charge is 0.299 e. The molecule has 1 aliphatic carbocycles. The zero-order valence-electron chi connectivity index (χ0n) is 18.8. The molecule has 2 atom stereocenters. The fourth-order valence-electron chi connectivity index (χ4n) is 4.72. The Hall–Kier alpha value is -3.00. The number of thioether (sulfide) groups is 1. The second-order valence-electron chi connectivity index (χ2n) is 8.72. The molecule has 1 fully saturated rings. The number of pyridine rings is 1. The second kappa shape index (κ2) is 9.87. The lowest BCUT2D eigenvalue weighted by Gasteiger charge is -2.31. The molecule has 2 aromatic heterocycles. The van der Waals surface area contributed by atoms with E-state index in [1.165, 1.54) is 31.0 Å². The molecule has 33 heavy (non-hydrogen) atoms. The average Bonchev–Trinajstić information content (AvgIpc) is 3.52. The van der Waals surface area contributed by atoms with Crippen molar-refractivity contribution in [1.82, 2.24) is 24.8 Å². The van der Waals surface area contributed by atoms with Crippen LogP contribution in [0.2, 0.25) is 0 Å². The van der Waals surface area contributed by atoms with Crippen LogP contribution < -0.4 is 0 Å². The lowest BCUT2D eigenvalue weighted by Crippen LogP contribution is -2.26. The van der Waals surface area contributed by atoms with E-state index in [-0.39, 0.29) is 11.7 Å². The van der Waals surface area contributed by atoms with Crippen molar-refractivity contribution in [3.8, 4) is 11.4 Å². The van der Waals surface area contributed by atoms with Gasteiger partial charge in [0.2, 0.25) is 0 Å². The molecule has 170 valence electrons. The summed E-state index contributed by atoms with van der Waals surface area (Å²) < 4.78 is 2.25. The van der Waals surface area contributed by atoms with Gasteiger partial charge in [0, 0.05) is 30.4 Å². The molecule has 7 nitrogen and oxygen atoms in total. The number of carbonyl (C=O) groups is 1. The fraction of sp³-hybridized carbons (Fsp3) is 0.400. The molecule has 0 spiro atoms. The molecule has 0 bridgehead atoms. The average molecular weight is 461 g/mol. The maximum Gasteiger partial charge on any atom is 0.253 e. The predicted molar refractivity (Wildman–Crippen MR) is 130 cm³/mol.